The van der Waals surface area contributed by atoms with E-state index < -0.39 is 11.6 Å². The summed E-state index contributed by atoms with van der Waals surface area (Å²) in [5.41, 5.74) is 6.05. The zero-order valence-corrected chi connectivity index (χ0v) is 28.6. The average Bonchev–Trinajstić information content (AvgIpc) is 3.82. The second-order valence-electron chi connectivity index (χ2n) is 14.2. The van der Waals surface area contributed by atoms with Gasteiger partial charge in [-0.25, -0.2) is 18.7 Å². The van der Waals surface area contributed by atoms with Crippen molar-refractivity contribution in [3.05, 3.63) is 95.2 Å². The van der Waals surface area contributed by atoms with Crippen molar-refractivity contribution in [2.45, 2.75) is 70.1 Å². The van der Waals surface area contributed by atoms with Crippen LogP contribution in [0, 0.1) is 24.5 Å². The molecule has 5 heterocycles. The number of anilines is 1. The molecule has 2 N–H and O–H groups in total. The summed E-state index contributed by atoms with van der Waals surface area (Å²) in [5, 5.41) is 10.4. The molecule has 51 heavy (non-hydrogen) atoms. The van der Waals surface area contributed by atoms with Gasteiger partial charge in [0.25, 0.3) is 0 Å². The predicted molar refractivity (Wildman–Crippen MR) is 190 cm³/mol. The molecule has 2 aromatic carbocycles. The summed E-state index contributed by atoms with van der Waals surface area (Å²) in [6.07, 6.45) is 16.2. The zero-order valence-electron chi connectivity index (χ0n) is 28.6. The lowest BCUT2D eigenvalue weighted by atomic mass is 9.84. The van der Waals surface area contributed by atoms with Crippen LogP contribution >= 0.6 is 0 Å². The number of hydrogen-bond donors (Lipinski definition) is 2. The van der Waals surface area contributed by atoms with Crippen LogP contribution in [0.1, 0.15) is 79.9 Å². The molecular weight excluding hydrogens is 650 g/mol. The molecule has 4 aliphatic rings. The highest BCUT2D eigenvalue weighted by molar-refractivity contribution is 6.01. The number of nitrogens with one attached hydrogen (secondary N) is 2. The standard InChI is InChI=1S/C39H40F2N8O2/c1-24-18-32(34(41)19-33(24)40)35-21-43-37(38-42-14-17-48(35)38)45-29-20-44-49(23-29)30-8-2-25(3-9-30)22-47-15-12-27(13-16-47)26-4-6-28(7-5-26)31-10-11-36(50)46-39(31)51/h4-7,14,17-21,23,25,27,31H,2-3,8-13,15-16,22H2,1H3,(H-,43,45,46,50,51)/p+1. The van der Waals surface area contributed by atoms with Gasteiger partial charge in [-0.1, -0.05) is 28.9 Å². The van der Waals surface area contributed by atoms with Crippen molar-refractivity contribution in [1.29, 1.82) is 0 Å². The lowest BCUT2D eigenvalue weighted by Crippen LogP contribution is -2.39. The highest BCUT2D eigenvalue weighted by Gasteiger charge is 2.31. The van der Waals surface area contributed by atoms with E-state index in [4.69, 9.17) is 0 Å². The summed E-state index contributed by atoms with van der Waals surface area (Å²) in [6.45, 7) is 4.93. The SMILES string of the molecule is Cc1cc(-c2cnc(NC3=C[N+](=C4CCC(CN5CCC(c6ccc(C7CCC(=O)NC7=O)cc6)CC5)CC4)N=C3)c3nccn23)c(F)cc1F. The number of nitrogens with zero attached hydrogens (tertiary/aromatic N) is 6. The summed E-state index contributed by atoms with van der Waals surface area (Å²) in [6, 6.07) is 10.9. The second kappa shape index (κ2) is 13.9. The number of imide groups is 1. The number of hydrazone groups is 1. The molecule has 8 rings (SSSR count). The van der Waals surface area contributed by atoms with Crippen molar-refractivity contribution in [3.8, 4) is 11.3 Å². The normalized spacial score (nSPS) is 21.7. The first-order valence-corrected chi connectivity index (χ1v) is 17.9. The molecule has 2 aromatic heterocycles. The highest BCUT2D eigenvalue weighted by Crippen LogP contribution is 2.33. The van der Waals surface area contributed by atoms with Crippen LogP contribution in [0.25, 0.3) is 16.9 Å². The van der Waals surface area contributed by atoms with Gasteiger partial charge in [-0.05, 0) is 91.8 Å². The molecule has 1 aliphatic carbocycles. The Kier molecular flexibility index (Phi) is 9.01. The Labute approximate surface area is 295 Å². The largest absolute Gasteiger partial charge is 0.331 e. The monoisotopic (exact) mass is 691 g/mol. The van der Waals surface area contributed by atoms with Gasteiger partial charge in [0.2, 0.25) is 18.0 Å². The van der Waals surface area contributed by atoms with Crippen molar-refractivity contribution in [3.63, 3.8) is 0 Å². The van der Waals surface area contributed by atoms with Gasteiger partial charge >= 0.3 is 0 Å². The average molecular weight is 692 g/mol. The number of allylic oxidation sites excluding steroid dienone is 1. The zero-order chi connectivity index (χ0) is 35.1. The van der Waals surface area contributed by atoms with Crippen LogP contribution in [-0.4, -0.2) is 67.3 Å². The third-order valence-electron chi connectivity index (χ3n) is 11.0. The molecule has 0 radical (unpaired) electrons. The summed E-state index contributed by atoms with van der Waals surface area (Å²) in [7, 11) is 0. The van der Waals surface area contributed by atoms with Crippen LogP contribution < -0.4 is 10.6 Å². The topological polar surface area (TPSA) is 107 Å². The van der Waals surface area contributed by atoms with E-state index in [2.05, 4.69) is 54.9 Å². The van der Waals surface area contributed by atoms with Gasteiger partial charge in [0.1, 0.15) is 23.5 Å². The smallest absolute Gasteiger partial charge is 0.234 e. The van der Waals surface area contributed by atoms with Crippen molar-refractivity contribution in [2.24, 2.45) is 11.0 Å². The number of imidazole rings is 1. The van der Waals surface area contributed by atoms with Crippen molar-refractivity contribution in [2.75, 3.05) is 25.0 Å². The summed E-state index contributed by atoms with van der Waals surface area (Å²) in [4.78, 5) is 35.4. The third kappa shape index (κ3) is 6.84. The third-order valence-corrected chi connectivity index (χ3v) is 11.0. The van der Waals surface area contributed by atoms with E-state index in [1.54, 1.807) is 36.1 Å². The maximum atomic E-state index is 14.7. The van der Waals surface area contributed by atoms with Crippen LogP contribution in [-0.2, 0) is 9.59 Å². The fourth-order valence-electron chi connectivity index (χ4n) is 8.01. The van der Waals surface area contributed by atoms with Gasteiger partial charge in [0.05, 0.1) is 17.8 Å². The first-order chi connectivity index (χ1) is 24.8. The number of carbonyl (C=O) groups excluding carboxylic acids is 2. The van der Waals surface area contributed by atoms with E-state index in [1.807, 2.05) is 10.9 Å². The molecule has 0 bridgehead atoms. The Balaban J connectivity index is 0.837. The molecule has 262 valence electrons. The van der Waals surface area contributed by atoms with Gasteiger partial charge in [-0.15, -0.1) is 0 Å². The van der Waals surface area contributed by atoms with Crippen molar-refractivity contribution < 1.29 is 23.1 Å². The number of fused-ring (bicyclic) bond motifs is 1. The predicted octanol–water partition coefficient (Wildman–Crippen LogP) is 6.28. The number of rotatable bonds is 7. The molecule has 10 nitrogen and oxygen atoms in total. The number of halogens is 2. The van der Waals surface area contributed by atoms with Gasteiger partial charge in [0, 0.05) is 49.8 Å². The Hall–Kier alpha value is -5.10. The van der Waals surface area contributed by atoms with Crippen molar-refractivity contribution in [1.82, 2.24) is 24.6 Å². The molecule has 12 heteroatoms. The van der Waals surface area contributed by atoms with Crippen molar-refractivity contribution >= 4 is 35.2 Å². The number of carbonyl (C=O) groups is 2. The van der Waals surface area contributed by atoms with Crippen LogP contribution in [0.4, 0.5) is 14.6 Å². The summed E-state index contributed by atoms with van der Waals surface area (Å²) < 4.78 is 32.3. The van der Waals surface area contributed by atoms with E-state index >= 15 is 0 Å². The fourth-order valence-corrected chi connectivity index (χ4v) is 8.01. The number of piperidine rings is 2. The van der Waals surface area contributed by atoms with E-state index in [1.165, 1.54) is 17.3 Å². The first kappa shape index (κ1) is 33.1. The number of likely N-dealkylation sites (tertiary alicyclic amines) is 1. The summed E-state index contributed by atoms with van der Waals surface area (Å²) in [5.74, 6) is -0.115. The van der Waals surface area contributed by atoms with Gasteiger partial charge in [-0.2, -0.15) is 0 Å². The Morgan fingerprint density at radius 3 is 2.47 bits per heavy atom. The van der Waals surface area contributed by atoms with E-state index in [0.29, 0.717) is 47.4 Å². The highest BCUT2D eigenvalue weighted by atomic mass is 19.1. The Morgan fingerprint density at radius 2 is 1.71 bits per heavy atom. The molecule has 1 saturated carbocycles. The molecule has 1 atom stereocenters. The summed E-state index contributed by atoms with van der Waals surface area (Å²) >= 11 is 0. The first-order valence-electron chi connectivity index (χ1n) is 17.9. The Morgan fingerprint density at radius 1 is 0.941 bits per heavy atom. The second-order valence-corrected chi connectivity index (χ2v) is 14.2. The van der Waals surface area contributed by atoms with Crippen LogP contribution in [0.2, 0.25) is 0 Å². The minimum absolute atomic E-state index is 0.178. The Bertz CT molecular complexity index is 2090. The van der Waals surface area contributed by atoms with E-state index in [9.17, 15) is 18.4 Å². The molecule has 0 spiro atoms. The minimum atomic E-state index is -0.652. The van der Waals surface area contributed by atoms with Crippen LogP contribution in [0.3, 0.4) is 0 Å². The quantitative estimate of drug-likeness (QED) is 0.175. The maximum absolute atomic E-state index is 14.7. The lowest BCUT2D eigenvalue weighted by molar-refractivity contribution is -0.461. The fraction of sp³-hybridized carbons (Fsp3) is 0.385. The van der Waals surface area contributed by atoms with Crippen LogP contribution in [0.5, 0.6) is 0 Å². The molecule has 3 aliphatic heterocycles. The van der Waals surface area contributed by atoms with Gasteiger partial charge in [-0.3, -0.25) is 19.3 Å². The molecule has 3 fully saturated rings. The number of aryl methyl sites for hydroxylation is 1. The maximum Gasteiger partial charge on any atom is 0.234 e. The number of benzene rings is 2. The van der Waals surface area contributed by atoms with Crippen LogP contribution in [0.15, 0.2) is 72.0 Å². The molecule has 2 saturated heterocycles. The molecular formula is C39H41F2N8O2+. The molecule has 2 amide bonds. The molecule has 4 aromatic rings. The number of hydrogen-bond acceptors (Lipinski definition) is 7. The number of aromatic nitrogens is 3. The number of amides is 2. The lowest BCUT2D eigenvalue weighted by Gasteiger charge is -2.35. The van der Waals surface area contributed by atoms with Gasteiger partial charge < -0.3 is 10.2 Å². The molecule has 1 unspecified atom stereocenters. The van der Waals surface area contributed by atoms with Gasteiger partial charge in [0.15, 0.2) is 17.2 Å². The van der Waals surface area contributed by atoms with E-state index in [-0.39, 0.29) is 23.3 Å². The minimum Gasteiger partial charge on any atom is -0.331 e. The van der Waals surface area contributed by atoms with E-state index in [0.717, 1.165) is 75.5 Å².